The van der Waals surface area contributed by atoms with Gasteiger partial charge in [-0.15, -0.1) is 11.6 Å². The Hall–Kier alpha value is -1.22. The van der Waals surface area contributed by atoms with Crippen molar-refractivity contribution in [1.29, 1.82) is 0 Å². The molecule has 0 unspecified atom stereocenters. The van der Waals surface area contributed by atoms with Crippen molar-refractivity contribution in [2.24, 2.45) is 0 Å². The molecule has 0 atom stereocenters. The smallest absolute Gasteiger partial charge is 0.224 e. The summed E-state index contributed by atoms with van der Waals surface area (Å²) in [6.07, 6.45) is 2.39. The Kier molecular flexibility index (Phi) is 3.89. The molecule has 1 aromatic rings. The van der Waals surface area contributed by atoms with Gasteiger partial charge < -0.3 is 10.2 Å². The Labute approximate surface area is 107 Å². The van der Waals surface area contributed by atoms with Gasteiger partial charge in [0, 0.05) is 37.3 Å². The topological polar surface area (TPSA) is 32.3 Å². The number of halogens is 1. The number of amides is 1. The molecule has 1 aliphatic heterocycles. The Morgan fingerprint density at radius 1 is 1.41 bits per heavy atom. The number of aryl methyl sites for hydroxylation is 1. The third kappa shape index (κ3) is 2.91. The summed E-state index contributed by atoms with van der Waals surface area (Å²) in [6.45, 7) is 0.953. The zero-order valence-electron chi connectivity index (χ0n) is 10.0. The third-order valence-electron chi connectivity index (χ3n) is 3.05. The molecule has 0 bridgehead atoms. The first kappa shape index (κ1) is 12.2. The highest BCUT2D eigenvalue weighted by Gasteiger charge is 2.15. The van der Waals surface area contributed by atoms with Gasteiger partial charge in [-0.3, -0.25) is 4.79 Å². The van der Waals surface area contributed by atoms with Crippen LogP contribution in [0.5, 0.6) is 0 Å². The van der Waals surface area contributed by atoms with Crippen molar-refractivity contribution < 1.29 is 4.79 Å². The van der Waals surface area contributed by atoms with Gasteiger partial charge in [-0.1, -0.05) is 0 Å². The van der Waals surface area contributed by atoms with Crippen LogP contribution in [0.1, 0.15) is 18.4 Å². The van der Waals surface area contributed by atoms with E-state index >= 15 is 0 Å². The number of nitrogens with zero attached hydrogens (tertiary/aromatic N) is 1. The van der Waals surface area contributed by atoms with E-state index in [4.69, 9.17) is 11.6 Å². The molecule has 1 amide bonds. The van der Waals surface area contributed by atoms with E-state index in [1.54, 1.807) is 0 Å². The van der Waals surface area contributed by atoms with Gasteiger partial charge in [-0.05, 0) is 36.6 Å². The first-order valence-electron chi connectivity index (χ1n) is 5.90. The lowest BCUT2D eigenvalue weighted by atomic mass is 10.0. The molecule has 1 N–H and O–H groups in total. The van der Waals surface area contributed by atoms with Gasteiger partial charge in [0.05, 0.1) is 0 Å². The van der Waals surface area contributed by atoms with Crippen molar-refractivity contribution in [3.05, 3.63) is 23.8 Å². The summed E-state index contributed by atoms with van der Waals surface area (Å²) in [5.41, 5.74) is 3.36. The fraction of sp³-hybridized carbons (Fsp3) is 0.462. The fourth-order valence-corrected chi connectivity index (χ4v) is 2.15. The average Bonchev–Trinajstić information content (AvgIpc) is 2.35. The maximum absolute atomic E-state index is 11.2. The highest BCUT2D eigenvalue weighted by molar-refractivity contribution is 6.17. The largest absolute Gasteiger partial charge is 0.375 e. The summed E-state index contributed by atoms with van der Waals surface area (Å²) in [4.78, 5) is 13.4. The van der Waals surface area contributed by atoms with Crippen LogP contribution in [0.4, 0.5) is 11.4 Å². The van der Waals surface area contributed by atoms with Gasteiger partial charge in [-0.2, -0.15) is 0 Å². The van der Waals surface area contributed by atoms with Crippen LogP contribution in [0.3, 0.4) is 0 Å². The number of rotatable bonds is 4. The number of anilines is 2. The van der Waals surface area contributed by atoms with Gasteiger partial charge in [-0.25, -0.2) is 0 Å². The molecule has 0 fully saturated rings. The molecule has 0 radical (unpaired) electrons. The molecule has 1 aliphatic rings. The average molecular weight is 253 g/mol. The minimum atomic E-state index is 0.112. The van der Waals surface area contributed by atoms with E-state index in [0.717, 1.165) is 25.1 Å². The van der Waals surface area contributed by atoms with E-state index in [2.05, 4.69) is 23.3 Å². The molecule has 1 aromatic carbocycles. The molecular formula is C13H17ClN2O. The Morgan fingerprint density at radius 3 is 3.00 bits per heavy atom. The van der Waals surface area contributed by atoms with Crippen LogP contribution >= 0.6 is 11.6 Å². The van der Waals surface area contributed by atoms with Crippen molar-refractivity contribution in [3.63, 3.8) is 0 Å². The number of nitrogens with one attached hydrogen (secondary N) is 1. The van der Waals surface area contributed by atoms with Crippen LogP contribution in [0, 0.1) is 0 Å². The van der Waals surface area contributed by atoms with Gasteiger partial charge >= 0.3 is 0 Å². The first-order chi connectivity index (χ1) is 8.20. The number of benzene rings is 1. The minimum Gasteiger partial charge on any atom is -0.375 e. The summed E-state index contributed by atoms with van der Waals surface area (Å²) in [6, 6.07) is 6.18. The highest BCUT2D eigenvalue weighted by Crippen LogP contribution is 2.27. The van der Waals surface area contributed by atoms with Gasteiger partial charge in [0.15, 0.2) is 0 Å². The van der Waals surface area contributed by atoms with Crippen molar-refractivity contribution >= 4 is 28.9 Å². The first-order valence-corrected chi connectivity index (χ1v) is 6.44. The number of hydrogen-bond acceptors (Lipinski definition) is 2. The molecular weight excluding hydrogens is 236 g/mol. The summed E-state index contributed by atoms with van der Waals surface area (Å²) < 4.78 is 0. The second-order valence-electron chi connectivity index (χ2n) is 4.35. The molecule has 2 rings (SSSR count). The minimum absolute atomic E-state index is 0.112. The van der Waals surface area contributed by atoms with E-state index in [1.807, 2.05) is 12.1 Å². The standard InChI is InChI=1S/C13H17ClN2O/c1-16(8-2-7-14)11-4-5-12-10(9-11)3-6-13(17)15-12/h4-5,9H,2-3,6-8H2,1H3,(H,15,17). The van der Waals surface area contributed by atoms with Crippen molar-refractivity contribution in [2.45, 2.75) is 19.3 Å². The fourth-order valence-electron chi connectivity index (χ4n) is 2.03. The van der Waals surface area contributed by atoms with Crippen LogP contribution in [0.15, 0.2) is 18.2 Å². The van der Waals surface area contributed by atoms with Crippen molar-refractivity contribution in [3.8, 4) is 0 Å². The highest BCUT2D eigenvalue weighted by atomic mass is 35.5. The van der Waals surface area contributed by atoms with E-state index in [-0.39, 0.29) is 5.91 Å². The number of alkyl halides is 1. The normalized spacial score (nSPS) is 14.1. The van der Waals surface area contributed by atoms with Gasteiger partial charge in [0.25, 0.3) is 0 Å². The van der Waals surface area contributed by atoms with E-state index in [0.29, 0.717) is 12.3 Å². The van der Waals surface area contributed by atoms with Crippen molar-refractivity contribution in [1.82, 2.24) is 0 Å². The van der Waals surface area contributed by atoms with E-state index in [1.165, 1.54) is 11.3 Å². The Balaban J connectivity index is 2.13. The van der Waals surface area contributed by atoms with Crippen LogP contribution < -0.4 is 10.2 Å². The molecule has 0 aromatic heterocycles. The summed E-state index contributed by atoms with van der Waals surface area (Å²) in [5, 5.41) is 2.89. The molecule has 4 heteroatoms. The van der Waals surface area contributed by atoms with Crippen LogP contribution in [-0.2, 0) is 11.2 Å². The number of hydrogen-bond donors (Lipinski definition) is 1. The second-order valence-corrected chi connectivity index (χ2v) is 4.73. The molecule has 0 saturated carbocycles. The van der Waals surface area contributed by atoms with Gasteiger partial charge in [0.2, 0.25) is 5.91 Å². The number of carbonyl (C=O) groups is 1. The van der Waals surface area contributed by atoms with E-state index < -0.39 is 0 Å². The predicted octanol–water partition coefficient (Wildman–Crippen LogP) is 2.64. The quantitative estimate of drug-likeness (QED) is 0.836. The van der Waals surface area contributed by atoms with E-state index in [9.17, 15) is 4.79 Å². The molecule has 1 heterocycles. The van der Waals surface area contributed by atoms with Gasteiger partial charge in [0.1, 0.15) is 0 Å². The lowest BCUT2D eigenvalue weighted by Crippen LogP contribution is -2.21. The third-order valence-corrected chi connectivity index (χ3v) is 3.32. The number of carbonyl (C=O) groups excluding carboxylic acids is 1. The summed E-state index contributed by atoms with van der Waals surface area (Å²) >= 11 is 5.69. The molecule has 92 valence electrons. The maximum atomic E-state index is 11.2. The maximum Gasteiger partial charge on any atom is 0.224 e. The molecule has 17 heavy (non-hydrogen) atoms. The predicted molar refractivity (Wildman–Crippen MR) is 72.0 cm³/mol. The molecule has 0 aliphatic carbocycles. The zero-order valence-corrected chi connectivity index (χ0v) is 10.8. The number of fused-ring (bicyclic) bond motifs is 1. The lowest BCUT2D eigenvalue weighted by Gasteiger charge is -2.23. The molecule has 0 saturated heterocycles. The Morgan fingerprint density at radius 2 is 2.24 bits per heavy atom. The SMILES string of the molecule is CN(CCCCl)c1ccc2c(c1)CCC(=O)N2. The molecule has 3 nitrogen and oxygen atoms in total. The lowest BCUT2D eigenvalue weighted by molar-refractivity contribution is -0.116. The van der Waals surface area contributed by atoms with Crippen LogP contribution in [0.25, 0.3) is 0 Å². The van der Waals surface area contributed by atoms with Crippen molar-refractivity contribution in [2.75, 3.05) is 29.7 Å². The Bertz CT molecular complexity index is 420. The van der Waals surface area contributed by atoms with Crippen LogP contribution in [-0.4, -0.2) is 25.4 Å². The van der Waals surface area contributed by atoms with Crippen LogP contribution in [0.2, 0.25) is 0 Å². The zero-order chi connectivity index (χ0) is 12.3. The second kappa shape index (κ2) is 5.41. The summed E-state index contributed by atoms with van der Waals surface area (Å²) in [7, 11) is 2.07. The monoisotopic (exact) mass is 252 g/mol. The molecule has 0 spiro atoms. The summed E-state index contributed by atoms with van der Waals surface area (Å²) in [5.74, 6) is 0.798.